The van der Waals surface area contributed by atoms with E-state index in [1.165, 1.54) is 11.5 Å². The second-order valence-corrected chi connectivity index (χ2v) is 6.49. The fourth-order valence-corrected chi connectivity index (χ4v) is 2.96. The van der Waals surface area contributed by atoms with Crippen LogP contribution >= 0.6 is 11.6 Å². The minimum Gasteiger partial charge on any atom is -0.489 e. The number of hydrogen-bond donors (Lipinski definition) is 0. The molecule has 0 aliphatic carbocycles. The lowest BCUT2D eigenvalue weighted by molar-refractivity contribution is 0.101. The maximum Gasteiger partial charge on any atom is 0.266 e. The zero-order chi connectivity index (χ0) is 18.8. The lowest BCUT2D eigenvalue weighted by Gasteiger charge is -2.18. The van der Waals surface area contributed by atoms with Crippen LogP contribution in [-0.2, 0) is 5.88 Å². The Hall–Kier alpha value is -2.66. The molecule has 0 aliphatic heterocycles. The van der Waals surface area contributed by atoms with Crippen LogP contribution in [0.5, 0.6) is 5.75 Å². The largest absolute Gasteiger partial charge is 0.489 e. The molecule has 0 radical (unpaired) electrons. The summed E-state index contributed by atoms with van der Waals surface area (Å²) in [6, 6.07) is 12.1. The monoisotopic (exact) mass is 370 g/mol. The minimum absolute atomic E-state index is 0.0471. The van der Waals surface area contributed by atoms with Crippen LogP contribution in [0.4, 0.5) is 0 Å². The summed E-state index contributed by atoms with van der Waals surface area (Å²) >= 11 is 6.08. The number of benzene rings is 2. The van der Waals surface area contributed by atoms with Crippen molar-refractivity contribution in [1.29, 1.82) is 0 Å². The summed E-state index contributed by atoms with van der Waals surface area (Å²) in [5.41, 5.74) is 1.28. The molecule has 0 N–H and O–H groups in total. The number of para-hydroxylation sites is 1. The summed E-state index contributed by atoms with van der Waals surface area (Å²) < 4.78 is 7.29. The van der Waals surface area contributed by atoms with Gasteiger partial charge in [-0.1, -0.05) is 12.1 Å². The Balaban J connectivity index is 2.37. The van der Waals surface area contributed by atoms with Crippen molar-refractivity contribution >= 4 is 28.3 Å². The van der Waals surface area contributed by atoms with Gasteiger partial charge >= 0.3 is 0 Å². The molecule has 0 amide bonds. The van der Waals surface area contributed by atoms with Gasteiger partial charge in [0.25, 0.3) is 5.56 Å². The highest BCUT2D eigenvalue weighted by Crippen LogP contribution is 2.27. The highest BCUT2D eigenvalue weighted by molar-refractivity contribution is 6.16. The number of Topliss-reactive ketones (excluding diaryl/α,β-unsaturated/α-hetero) is 1. The molecule has 0 saturated heterocycles. The van der Waals surface area contributed by atoms with Gasteiger partial charge in [-0.15, -0.1) is 11.6 Å². The fraction of sp³-hybridized carbons (Fsp3) is 0.250. The first kappa shape index (κ1) is 18.1. The van der Waals surface area contributed by atoms with Gasteiger partial charge in [0, 0.05) is 5.56 Å². The Morgan fingerprint density at radius 1 is 1.23 bits per heavy atom. The highest BCUT2D eigenvalue weighted by Gasteiger charge is 2.18. The van der Waals surface area contributed by atoms with Crippen LogP contribution in [0, 0.1) is 0 Å². The van der Waals surface area contributed by atoms with Gasteiger partial charge < -0.3 is 4.74 Å². The summed E-state index contributed by atoms with van der Waals surface area (Å²) in [7, 11) is 0. The number of ketones is 1. The fourth-order valence-electron chi connectivity index (χ4n) is 2.78. The van der Waals surface area contributed by atoms with Crippen molar-refractivity contribution in [3.8, 4) is 11.4 Å². The van der Waals surface area contributed by atoms with E-state index in [1.807, 2.05) is 19.9 Å². The van der Waals surface area contributed by atoms with E-state index in [-0.39, 0.29) is 23.3 Å². The van der Waals surface area contributed by atoms with Gasteiger partial charge in [-0.2, -0.15) is 0 Å². The van der Waals surface area contributed by atoms with Crippen molar-refractivity contribution in [2.75, 3.05) is 0 Å². The first-order chi connectivity index (χ1) is 12.4. The van der Waals surface area contributed by atoms with E-state index in [0.29, 0.717) is 33.7 Å². The van der Waals surface area contributed by atoms with Gasteiger partial charge in [0.05, 0.1) is 28.6 Å². The normalized spacial score (nSPS) is 11.1. The zero-order valence-corrected chi connectivity index (χ0v) is 15.6. The molecule has 0 spiro atoms. The van der Waals surface area contributed by atoms with E-state index in [1.54, 1.807) is 36.4 Å². The Bertz CT molecular complexity index is 1040. The average molecular weight is 371 g/mol. The number of alkyl halides is 1. The third kappa shape index (κ3) is 3.35. The number of fused-ring (bicyclic) bond motifs is 1. The molecule has 26 heavy (non-hydrogen) atoms. The number of aromatic nitrogens is 2. The summed E-state index contributed by atoms with van der Waals surface area (Å²) in [6.45, 7) is 5.27. The van der Waals surface area contributed by atoms with Crippen LogP contribution in [0.25, 0.3) is 16.6 Å². The molecule has 134 valence electrons. The maximum absolute atomic E-state index is 13.2. The van der Waals surface area contributed by atoms with Gasteiger partial charge in [0.2, 0.25) is 0 Å². The molecule has 6 heteroatoms. The molecular formula is C20H19ClN2O3. The van der Waals surface area contributed by atoms with Crippen LogP contribution in [0.1, 0.15) is 37.0 Å². The second-order valence-electron chi connectivity index (χ2n) is 6.22. The van der Waals surface area contributed by atoms with Crippen LogP contribution < -0.4 is 10.3 Å². The first-order valence-corrected chi connectivity index (χ1v) is 8.84. The molecule has 0 saturated carbocycles. The Morgan fingerprint density at radius 2 is 1.96 bits per heavy atom. The Morgan fingerprint density at radius 3 is 2.62 bits per heavy atom. The van der Waals surface area contributed by atoms with Gasteiger partial charge in [-0.25, -0.2) is 4.98 Å². The first-order valence-electron chi connectivity index (χ1n) is 8.31. The molecule has 1 aromatic heterocycles. The van der Waals surface area contributed by atoms with E-state index in [4.69, 9.17) is 16.3 Å². The molecule has 1 heterocycles. The van der Waals surface area contributed by atoms with Gasteiger partial charge in [0.15, 0.2) is 5.78 Å². The average Bonchev–Trinajstić information content (AvgIpc) is 2.61. The van der Waals surface area contributed by atoms with Crippen molar-refractivity contribution < 1.29 is 9.53 Å². The van der Waals surface area contributed by atoms with Crippen molar-refractivity contribution in [2.24, 2.45) is 0 Å². The number of hydrogen-bond acceptors (Lipinski definition) is 4. The van der Waals surface area contributed by atoms with E-state index >= 15 is 0 Å². The lowest BCUT2D eigenvalue weighted by atomic mass is 10.1. The van der Waals surface area contributed by atoms with Gasteiger partial charge in [0.1, 0.15) is 11.6 Å². The minimum atomic E-state index is -0.249. The summed E-state index contributed by atoms with van der Waals surface area (Å²) in [5.74, 6) is 0.836. The number of nitrogens with zero attached hydrogens (tertiary/aromatic N) is 2. The standard InChI is InChI=1S/C20H19ClN2O3/c1-12(2)26-18-9-8-14(13(3)24)10-17(18)23-19(11-21)22-16-7-5-4-6-15(16)20(23)25/h4-10,12H,11H2,1-3H3. The molecule has 2 aromatic carbocycles. The molecule has 0 fully saturated rings. The SMILES string of the molecule is CC(=O)c1ccc(OC(C)C)c(-n2c(CCl)nc3ccccc3c2=O)c1. The molecule has 0 bridgehead atoms. The molecule has 0 atom stereocenters. The van der Waals surface area contributed by atoms with Crippen LogP contribution in [-0.4, -0.2) is 21.4 Å². The topological polar surface area (TPSA) is 61.2 Å². The van der Waals surface area contributed by atoms with Crippen molar-refractivity contribution in [3.63, 3.8) is 0 Å². The second kappa shape index (κ2) is 7.30. The number of rotatable bonds is 5. The van der Waals surface area contributed by atoms with Crippen LogP contribution in [0.2, 0.25) is 0 Å². The number of ether oxygens (including phenoxy) is 1. The van der Waals surface area contributed by atoms with Gasteiger partial charge in [-0.3, -0.25) is 14.2 Å². The van der Waals surface area contributed by atoms with Crippen LogP contribution in [0.15, 0.2) is 47.3 Å². The smallest absolute Gasteiger partial charge is 0.266 e. The Kier molecular flexibility index (Phi) is 5.09. The highest BCUT2D eigenvalue weighted by atomic mass is 35.5. The molecule has 5 nitrogen and oxygen atoms in total. The molecular weight excluding hydrogens is 352 g/mol. The summed E-state index contributed by atoms with van der Waals surface area (Å²) in [5, 5.41) is 0.477. The summed E-state index contributed by atoms with van der Waals surface area (Å²) in [6.07, 6.45) is -0.0968. The van der Waals surface area contributed by atoms with Crippen LogP contribution in [0.3, 0.4) is 0 Å². The van der Waals surface area contributed by atoms with Crippen molar-refractivity contribution in [3.05, 3.63) is 64.2 Å². The number of carbonyl (C=O) groups excluding carboxylic acids is 1. The molecule has 3 rings (SSSR count). The lowest BCUT2D eigenvalue weighted by Crippen LogP contribution is -2.24. The number of halogens is 1. The van der Waals surface area contributed by atoms with E-state index < -0.39 is 0 Å². The molecule has 0 aliphatic rings. The van der Waals surface area contributed by atoms with E-state index in [2.05, 4.69) is 4.98 Å². The zero-order valence-electron chi connectivity index (χ0n) is 14.8. The predicted molar refractivity (Wildman–Crippen MR) is 103 cm³/mol. The van der Waals surface area contributed by atoms with E-state index in [9.17, 15) is 9.59 Å². The van der Waals surface area contributed by atoms with Crippen molar-refractivity contribution in [2.45, 2.75) is 32.8 Å². The maximum atomic E-state index is 13.2. The Labute approximate surface area is 156 Å². The number of carbonyl (C=O) groups is 1. The molecule has 0 unspecified atom stereocenters. The van der Waals surface area contributed by atoms with E-state index in [0.717, 1.165) is 0 Å². The summed E-state index contributed by atoms with van der Waals surface area (Å²) in [4.78, 5) is 29.5. The molecule has 3 aromatic rings. The quantitative estimate of drug-likeness (QED) is 0.500. The van der Waals surface area contributed by atoms with Crippen molar-refractivity contribution in [1.82, 2.24) is 9.55 Å². The third-order valence-corrected chi connectivity index (χ3v) is 4.17. The van der Waals surface area contributed by atoms with Gasteiger partial charge in [-0.05, 0) is 51.1 Å². The predicted octanol–water partition coefficient (Wildman–Crippen LogP) is 4.11. The third-order valence-electron chi connectivity index (χ3n) is 3.93.